The number of hydrogen-bond acceptors (Lipinski definition) is 5. The van der Waals surface area contributed by atoms with Gasteiger partial charge >= 0.3 is 0 Å². The van der Waals surface area contributed by atoms with Crippen LogP contribution >= 0.6 is 0 Å². The quantitative estimate of drug-likeness (QED) is 0.429. The van der Waals surface area contributed by atoms with Crippen LogP contribution in [0.4, 0.5) is 5.82 Å². The van der Waals surface area contributed by atoms with E-state index in [1.807, 2.05) is 0 Å². The van der Waals surface area contributed by atoms with Crippen molar-refractivity contribution in [3.63, 3.8) is 0 Å². The first kappa shape index (κ1) is 18.8. The zero-order valence-electron chi connectivity index (χ0n) is 13.8. The highest BCUT2D eigenvalue weighted by Crippen LogP contribution is 2.20. The molecule has 0 saturated carbocycles. The third kappa shape index (κ3) is 4.39. The number of nitrogens with zero attached hydrogens (tertiary/aromatic N) is 2. The number of amides is 2. The van der Waals surface area contributed by atoms with E-state index in [2.05, 4.69) is 28.0 Å². The fourth-order valence-electron chi connectivity index (χ4n) is 2.18. The lowest BCUT2D eigenvalue weighted by atomic mass is 10.2. The second-order valence-electron chi connectivity index (χ2n) is 4.72. The van der Waals surface area contributed by atoms with Gasteiger partial charge in [-0.15, -0.1) is 6.42 Å². The molecule has 1 fully saturated rings. The van der Waals surface area contributed by atoms with Crippen molar-refractivity contribution in [2.24, 2.45) is 5.73 Å². The number of primary amides is 1. The molecule has 0 bridgehead atoms. The molecule has 1 aromatic rings. The van der Waals surface area contributed by atoms with Crippen molar-refractivity contribution >= 4 is 17.6 Å². The van der Waals surface area contributed by atoms with Gasteiger partial charge in [0.2, 0.25) is 5.91 Å². The van der Waals surface area contributed by atoms with Crippen LogP contribution < -0.4 is 11.1 Å². The maximum absolute atomic E-state index is 11.2. The number of likely N-dealkylation sites (tertiary alicyclic amines) is 1. The zero-order valence-corrected chi connectivity index (χ0v) is 13.8. The number of aromatic amines is 1. The van der Waals surface area contributed by atoms with Crippen molar-refractivity contribution in [1.82, 2.24) is 15.1 Å². The lowest BCUT2D eigenvalue weighted by Crippen LogP contribution is -2.24. The summed E-state index contributed by atoms with van der Waals surface area (Å²) in [4.78, 5) is 23.7. The average Bonchev–Trinajstić information content (AvgIpc) is 3.21. The summed E-state index contributed by atoms with van der Waals surface area (Å²) >= 11 is 0. The molecular formula is C16H21N5O3. The molecule has 8 nitrogen and oxygen atoms in total. The molecule has 2 rings (SSSR count). The summed E-state index contributed by atoms with van der Waals surface area (Å²) in [6.07, 6.45) is 9.97. The highest BCUT2D eigenvalue weighted by molar-refractivity contribution is 5.99. The molecule has 0 aromatic carbocycles. The second kappa shape index (κ2) is 9.05. The lowest BCUT2D eigenvalue weighted by molar-refractivity contribution is -0.123. The van der Waals surface area contributed by atoms with Crippen LogP contribution in [0.5, 0.6) is 0 Å². The Bertz CT molecular complexity index is 684. The van der Waals surface area contributed by atoms with E-state index < -0.39 is 5.91 Å². The van der Waals surface area contributed by atoms with Crippen LogP contribution in [0.25, 0.3) is 0 Å². The molecule has 8 heteroatoms. The predicted octanol–water partition coefficient (Wildman–Crippen LogP) is 0.814. The number of carbonyl (C=O) groups excluding carboxylic acids is 2. The number of hydrogen-bond donors (Lipinski definition) is 3. The van der Waals surface area contributed by atoms with Crippen molar-refractivity contribution < 1.29 is 14.3 Å². The van der Waals surface area contributed by atoms with E-state index in [1.165, 1.54) is 6.08 Å². The third-order valence-corrected chi connectivity index (χ3v) is 3.25. The molecule has 2 amide bonds. The van der Waals surface area contributed by atoms with Gasteiger partial charge in [-0.2, -0.15) is 5.10 Å². The van der Waals surface area contributed by atoms with Gasteiger partial charge in [-0.3, -0.25) is 14.7 Å². The Morgan fingerprint density at radius 2 is 2.29 bits per heavy atom. The van der Waals surface area contributed by atoms with Crippen LogP contribution in [0.15, 0.2) is 24.6 Å². The van der Waals surface area contributed by atoms with Crippen molar-refractivity contribution in [2.45, 2.75) is 12.8 Å². The summed E-state index contributed by atoms with van der Waals surface area (Å²) in [6.45, 7) is 4.22. The monoisotopic (exact) mass is 331 g/mol. The number of allylic oxidation sites excluding steroid dienone is 1. The van der Waals surface area contributed by atoms with E-state index in [0.29, 0.717) is 11.5 Å². The number of H-pyrrole nitrogens is 1. The molecule has 1 aromatic heterocycles. The lowest BCUT2D eigenvalue weighted by Gasteiger charge is -2.14. The van der Waals surface area contributed by atoms with E-state index in [9.17, 15) is 9.59 Å². The van der Waals surface area contributed by atoms with Gasteiger partial charge in [0.15, 0.2) is 5.82 Å². The number of ether oxygens (including phenoxy) is 1. The molecule has 1 saturated heterocycles. The summed E-state index contributed by atoms with van der Waals surface area (Å²) in [7, 11) is 3.21. The molecule has 24 heavy (non-hydrogen) atoms. The van der Waals surface area contributed by atoms with Crippen LogP contribution in [0.1, 0.15) is 28.9 Å². The Labute approximate surface area is 140 Å². The summed E-state index contributed by atoms with van der Waals surface area (Å²) in [5.74, 6) is 2.00. The number of aromatic nitrogens is 2. The Morgan fingerprint density at radius 1 is 1.58 bits per heavy atom. The molecule has 0 atom stereocenters. The first-order chi connectivity index (χ1) is 11.5. The van der Waals surface area contributed by atoms with Gasteiger partial charge in [0.05, 0.1) is 12.8 Å². The van der Waals surface area contributed by atoms with E-state index in [-0.39, 0.29) is 11.5 Å². The maximum Gasteiger partial charge on any atom is 0.255 e. The van der Waals surface area contributed by atoms with Gasteiger partial charge in [0.25, 0.3) is 5.91 Å². The molecule has 0 unspecified atom stereocenters. The summed E-state index contributed by atoms with van der Waals surface area (Å²) in [5.41, 5.74) is 6.54. The molecular weight excluding hydrogens is 310 g/mol. The average molecular weight is 331 g/mol. The van der Waals surface area contributed by atoms with Crippen molar-refractivity contribution in [3.8, 4) is 12.3 Å². The number of carbonyl (C=O) groups is 2. The zero-order chi connectivity index (χ0) is 18.1. The summed E-state index contributed by atoms with van der Waals surface area (Å²) < 4.78 is 4.86. The largest absolute Gasteiger partial charge is 0.503 e. The molecule has 2 heterocycles. The molecule has 0 aliphatic carbocycles. The Kier molecular flexibility index (Phi) is 7.10. The van der Waals surface area contributed by atoms with Gasteiger partial charge in [0, 0.05) is 13.6 Å². The molecule has 0 radical (unpaired) electrons. The number of methoxy groups -OCH3 is 1. The normalized spacial score (nSPS) is 14.4. The van der Waals surface area contributed by atoms with Crippen LogP contribution in [0.3, 0.4) is 0 Å². The summed E-state index contributed by atoms with van der Waals surface area (Å²) in [5, 5.41) is 8.95. The molecule has 128 valence electrons. The van der Waals surface area contributed by atoms with Crippen LogP contribution in [0, 0.1) is 12.3 Å². The minimum atomic E-state index is -0.596. The topological polar surface area (TPSA) is 113 Å². The number of rotatable bonds is 4. The Balaban J connectivity index is 0.000000240. The van der Waals surface area contributed by atoms with Crippen LogP contribution in [-0.2, 0) is 9.53 Å². The fourth-order valence-corrected chi connectivity index (χ4v) is 2.18. The third-order valence-electron chi connectivity index (χ3n) is 3.25. The van der Waals surface area contributed by atoms with Crippen molar-refractivity contribution in [2.75, 3.05) is 26.0 Å². The first-order valence-electron chi connectivity index (χ1n) is 7.18. The SMILES string of the molecule is C#Cc1[nH]nc(NC)c1C(N)=O.C=CC(=O)N1CCC/C1=C\OC. The predicted molar refractivity (Wildman–Crippen MR) is 90.8 cm³/mol. The molecule has 1 aliphatic heterocycles. The second-order valence-corrected chi connectivity index (χ2v) is 4.72. The number of anilines is 1. The molecule has 1 aliphatic rings. The summed E-state index contributed by atoms with van der Waals surface area (Å²) in [6, 6.07) is 0. The van der Waals surface area contributed by atoms with Gasteiger partial charge < -0.3 is 20.7 Å². The van der Waals surface area contributed by atoms with Gasteiger partial charge in [-0.25, -0.2) is 0 Å². The highest BCUT2D eigenvalue weighted by atomic mass is 16.5. The molecule has 0 spiro atoms. The first-order valence-corrected chi connectivity index (χ1v) is 7.18. The van der Waals surface area contributed by atoms with Gasteiger partial charge in [0.1, 0.15) is 17.5 Å². The van der Waals surface area contributed by atoms with Crippen molar-refractivity contribution in [1.29, 1.82) is 0 Å². The number of nitrogens with one attached hydrogen (secondary N) is 2. The minimum absolute atomic E-state index is 0.0456. The van der Waals surface area contributed by atoms with Crippen LogP contribution in [-0.4, -0.2) is 47.6 Å². The fraction of sp³-hybridized carbons (Fsp3) is 0.312. The van der Waals surface area contributed by atoms with Crippen LogP contribution in [0.2, 0.25) is 0 Å². The molecule has 4 N–H and O–H groups in total. The highest BCUT2D eigenvalue weighted by Gasteiger charge is 2.21. The number of terminal acetylenes is 1. The van der Waals surface area contributed by atoms with Gasteiger partial charge in [-0.05, 0) is 24.8 Å². The minimum Gasteiger partial charge on any atom is -0.503 e. The van der Waals surface area contributed by atoms with E-state index in [1.54, 1.807) is 25.3 Å². The number of nitrogens with two attached hydrogens (primary N) is 1. The van der Waals surface area contributed by atoms with E-state index in [0.717, 1.165) is 25.1 Å². The smallest absolute Gasteiger partial charge is 0.255 e. The maximum atomic E-state index is 11.2. The van der Waals surface area contributed by atoms with Crippen molar-refractivity contribution in [3.05, 3.63) is 35.9 Å². The van der Waals surface area contributed by atoms with E-state index in [4.69, 9.17) is 16.9 Å². The van der Waals surface area contributed by atoms with E-state index >= 15 is 0 Å². The van der Waals surface area contributed by atoms with Gasteiger partial charge in [-0.1, -0.05) is 6.58 Å². The Morgan fingerprint density at radius 3 is 2.79 bits per heavy atom. The Hall–Kier alpha value is -3.21. The standard InChI is InChI=1S/C9H13NO2.C7H8N4O/c1-3-9(11)10-6-4-5-8(10)7-12-2;1-3-4-5(6(8)12)7(9-2)11-10-4/h3,7H,1,4-6H2,2H3;1H,2H3,(H2,8,12)(H2,9,10,11)/b8-7+;.